The van der Waals surface area contributed by atoms with Crippen molar-refractivity contribution in [2.24, 2.45) is 0 Å². The van der Waals surface area contributed by atoms with Crippen LogP contribution in [0.1, 0.15) is 6.92 Å². The summed E-state index contributed by atoms with van der Waals surface area (Å²) in [6.45, 7) is 1.17. The molecular formula is C4H10F3KN2O4S2. The van der Waals surface area contributed by atoms with E-state index in [2.05, 4.69) is 0 Å². The maximum absolute atomic E-state index is 11.8. The Kier molecular flexibility index (Phi) is 7.86. The minimum atomic E-state index is -5.89. The molecule has 0 aromatic carbocycles. The van der Waals surface area contributed by atoms with Crippen molar-refractivity contribution >= 4 is 71.6 Å². The number of rotatable bonds is 4. The summed E-state index contributed by atoms with van der Waals surface area (Å²) in [6.07, 6.45) is 0. The van der Waals surface area contributed by atoms with Gasteiger partial charge in [-0.2, -0.15) is 25.9 Å². The Labute approximate surface area is 134 Å². The second-order valence-corrected chi connectivity index (χ2v) is 6.16. The maximum atomic E-state index is 11.8. The van der Waals surface area contributed by atoms with Crippen LogP contribution in [-0.2, 0) is 20.2 Å². The van der Waals surface area contributed by atoms with Gasteiger partial charge in [-0.15, -0.1) is 0 Å². The van der Waals surface area contributed by atoms with Crippen molar-refractivity contribution in [3.63, 3.8) is 0 Å². The van der Waals surface area contributed by atoms with E-state index < -0.39 is 25.7 Å². The normalized spacial score (nSPS) is 13.6. The fraction of sp³-hybridized carbons (Fsp3) is 1.00. The van der Waals surface area contributed by atoms with Gasteiger partial charge >= 0.3 is 66.9 Å². The number of hydrogen-bond donors (Lipinski definition) is 1. The van der Waals surface area contributed by atoms with E-state index in [0.29, 0.717) is 8.43 Å². The molecule has 0 aliphatic rings. The summed E-state index contributed by atoms with van der Waals surface area (Å²) in [4.78, 5) is 0. The molecule has 0 saturated carbocycles. The first kappa shape index (κ1) is 19.6. The molecule has 0 spiro atoms. The fourth-order valence-corrected chi connectivity index (χ4v) is 2.76. The van der Waals surface area contributed by atoms with Crippen LogP contribution in [0.4, 0.5) is 13.2 Å². The van der Waals surface area contributed by atoms with Crippen LogP contribution >= 0.6 is 0 Å². The molecule has 0 fully saturated rings. The molecule has 0 unspecified atom stereocenters. The number of alkyl halides is 3. The molecule has 12 heteroatoms. The van der Waals surface area contributed by atoms with Gasteiger partial charge in [0.1, 0.15) is 0 Å². The van der Waals surface area contributed by atoms with Crippen molar-refractivity contribution in [1.82, 2.24) is 8.43 Å². The molecule has 1 N–H and O–H groups in total. The first-order chi connectivity index (χ1) is 6.44. The van der Waals surface area contributed by atoms with Crippen molar-refractivity contribution in [3.05, 3.63) is 0 Å². The minimum absolute atomic E-state index is 0. The summed E-state index contributed by atoms with van der Waals surface area (Å²) in [5, 5.41) is 0. The van der Waals surface area contributed by atoms with E-state index in [0.717, 1.165) is 7.05 Å². The van der Waals surface area contributed by atoms with Gasteiger partial charge in [0.2, 0.25) is 0 Å². The van der Waals surface area contributed by atoms with Crippen LogP contribution in [0, 0.1) is 0 Å². The third-order valence-corrected chi connectivity index (χ3v) is 4.78. The molecule has 0 aromatic heterocycles. The summed E-state index contributed by atoms with van der Waals surface area (Å²) >= 11 is 0. The zero-order chi connectivity index (χ0) is 12.5. The molecule has 16 heavy (non-hydrogen) atoms. The predicted octanol–water partition coefficient (Wildman–Crippen LogP) is -1.03. The van der Waals surface area contributed by atoms with E-state index in [1.807, 2.05) is 0 Å². The molecule has 94 valence electrons. The Morgan fingerprint density at radius 1 is 1.19 bits per heavy atom. The van der Waals surface area contributed by atoms with E-state index >= 15 is 0 Å². The molecule has 0 aliphatic carbocycles. The Balaban J connectivity index is 0. The van der Waals surface area contributed by atoms with Crippen LogP contribution in [0.25, 0.3) is 0 Å². The average molecular weight is 310 g/mol. The molecular weight excluding hydrogens is 300 g/mol. The molecule has 6 nitrogen and oxygen atoms in total. The molecule has 0 saturated heterocycles. The van der Waals surface area contributed by atoms with Gasteiger partial charge in [-0.25, -0.2) is 8.42 Å². The van der Waals surface area contributed by atoms with Gasteiger partial charge in [0.15, 0.2) is 0 Å². The van der Waals surface area contributed by atoms with Crippen molar-refractivity contribution < 1.29 is 30.0 Å². The Hall–Kier alpha value is 1.25. The van der Waals surface area contributed by atoms with Gasteiger partial charge in [0.25, 0.3) is 10.2 Å². The second-order valence-electron chi connectivity index (χ2n) is 2.45. The van der Waals surface area contributed by atoms with Gasteiger partial charge in [0.05, 0.1) is 0 Å². The summed E-state index contributed by atoms with van der Waals surface area (Å²) < 4.78 is 79.2. The van der Waals surface area contributed by atoms with E-state index in [-0.39, 0.29) is 57.9 Å². The van der Waals surface area contributed by atoms with Crippen LogP contribution in [0.2, 0.25) is 0 Å². The molecule has 0 amide bonds. The summed E-state index contributed by atoms with van der Waals surface area (Å²) in [6, 6.07) is 0. The van der Waals surface area contributed by atoms with Crippen molar-refractivity contribution in [3.8, 4) is 0 Å². The Morgan fingerprint density at radius 3 is 1.81 bits per heavy atom. The standard InChI is InChI=1S/C4H9F3N2O4S2.K.H/c1-3-9(2)15(12,13)8-14(10,11)4(5,6)7;;/h8H,3H2,1-2H3;;. The summed E-state index contributed by atoms with van der Waals surface area (Å²) in [5.74, 6) is 0. The van der Waals surface area contributed by atoms with Gasteiger partial charge in [-0.05, 0) is 0 Å². The van der Waals surface area contributed by atoms with E-state index in [9.17, 15) is 30.0 Å². The van der Waals surface area contributed by atoms with Crippen LogP contribution in [0.15, 0.2) is 0 Å². The molecule has 0 heterocycles. The molecule has 0 aliphatic heterocycles. The first-order valence-electron chi connectivity index (χ1n) is 3.50. The average Bonchev–Trinajstić information content (AvgIpc) is 1.98. The van der Waals surface area contributed by atoms with Gasteiger partial charge < -0.3 is 0 Å². The zero-order valence-electron chi connectivity index (χ0n) is 7.74. The summed E-state index contributed by atoms with van der Waals surface area (Å²) in [7, 11) is -9.63. The van der Waals surface area contributed by atoms with Crippen molar-refractivity contribution in [2.45, 2.75) is 12.4 Å². The van der Waals surface area contributed by atoms with Crippen LogP contribution < -0.4 is 4.13 Å². The number of nitrogens with zero attached hydrogens (tertiary/aromatic N) is 1. The SMILES string of the molecule is CCN(C)S(=O)(=O)NS(=O)(=O)C(F)(F)F.[KH]. The summed E-state index contributed by atoms with van der Waals surface area (Å²) in [5.41, 5.74) is -5.66. The number of hydrogen-bond acceptors (Lipinski definition) is 4. The fourth-order valence-electron chi connectivity index (χ4n) is 0.419. The topological polar surface area (TPSA) is 83.6 Å². The van der Waals surface area contributed by atoms with Gasteiger partial charge in [-0.3, -0.25) is 0 Å². The number of nitrogens with one attached hydrogen (secondary N) is 1. The zero-order valence-corrected chi connectivity index (χ0v) is 9.37. The van der Waals surface area contributed by atoms with Crippen LogP contribution in [-0.4, -0.2) is 91.6 Å². The molecule has 0 bridgehead atoms. The number of halogens is 3. The van der Waals surface area contributed by atoms with E-state index in [1.165, 1.54) is 6.92 Å². The monoisotopic (exact) mass is 310 g/mol. The number of sulfonamides is 1. The van der Waals surface area contributed by atoms with E-state index in [4.69, 9.17) is 0 Å². The van der Waals surface area contributed by atoms with E-state index in [1.54, 1.807) is 0 Å². The van der Waals surface area contributed by atoms with Crippen molar-refractivity contribution in [1.29, 1.82) is 0 Å². The van der Waals surface area contributed by atoms with Crippen LogP contribution in [0.5, 0.6) is 0 Å². The molecule has 0 aromatic rings. The predicted molar refractivity (Wildman–Crippen MR) is 52.5 cm³/mol. The Bertz CT molecular complexity index is 417. The quantitative estimate of drug-likeness (QED) is 0.673. The Morgan fingerprint density at radius 2 is 1.56 bits per heavy atom. The van der Waals surface area contributed by atoms with Crippen molar-refractivity contribution in [2.75, 3.05) is 13.6 Å². The van der Waals surface area contributed by atoms with Gasteiger partial charge in [-0.1, -0.05) is 11.1 Å². The third-order valence-electron chi connectivity index (χ3n) is 1.38. The van der Waals surface area contributed by atoms with Crippen LogP contribution in [0.3, 0.4) is 0 Å². The van der Waals surface area contributed by atoms with Gasteiger partial charge in [0, 0.05) is 13.6 Å². The molecule has 0 atom stereocenters. The third kappa shape index (κ3) is 5.26. The second kappa shape index (κ2) is 6.42. The molecule has 0 radical (unpaired) electrons. The first-order valence-corrected chi connectivity index (χ1v) is 6.42. The molecule has 0 rings (SSSR count).